The van der Waals surface area contributed by atoms with Gasteiger partial charge in [0.2, 0.25) is 5.91 Å². The average Bonchev–Trinajstić information content (AvgIpc) is 2.75. The quantitative estimate of drug-likeness (QED) is 0.758. The highest BCUT2D eigenvalue weighted by molar-refractivity contribution is 5.99. The van der Waals surface area contributed by atoms with Crippen LogP contribution in [0.4, 0.5) is 0 Å². The van der Waals surface area contributed by atoms with Crippen molar-refractivity contribution < 1.29 is 9.59 Å². The van der Waals surface area contributed by atoms with Gasteiger partial charge < -0.3 is 10.2 Å². The number of carbonyl (C=O) groups is 2. The van der Waals surface area contributed by atoms with E-state index in [4.69, 9.17) is 0 Å². The zero-order chi connectivity index (χ0) is 19.5. The molecule has 0 bridgehead atoms. The van der Waals surface area contributed by atoms with Gasteiger partial charge in [0.25, 0.3) is 5.91 Å². The summed E-state index contributed by atoms with van der Waals surface area (Å²) in [5.41, 5.74) is 4.71. The summed E-state index contributed by atoms with van der Waals surface area (Å²) < 4.78 is 0. The molecule has 1 unspecified atom stereocenters. The first kappa shape index (κ1) is 18.0. The van der Waals surface area contributed by atoms with Gasteiger partial charge in [0.05, 0.1) is 0 Å². The summed E-state index contributed by atoms with van der Waals surface area (Å²) in [7, 11) is 0. The standard InChI is InChI=1S/C24H22N2O2/c1-17-7-9-20(10-8-17)22-23(27)25-15-16-26(22)24(28)21-13-11-19(12-14-21)18-5-3-2-4-6-18/h2-14,22H,15-16H2,1H3,(H,25,27). The average molecular weight is 370 g/mol. The third kappa shape index (κ3) is 3.54. The Morgan fingerprint density at radius 2 is 1.54 bits per heavy atom. The normalized spacial score (nSPS) is 16.5. The number of benzene rings is 3. The smallest absolute Gasteiger partial charge is 0.254 e. The van der Waals surface area contributed by atoms with Crippen LogP contribution >= 0.6 is 0 Å². The van der Waals surface area contributed by atoms with Crippen LogP contribution < -0.4 is 5.32 Å². The number of hydrogen-bond donors (Lipinski definition) is 1. The van der Waals surface area contributed by atoms with Crippen molar-refractivity contribution in [3.63, 3.8) is 0 Å². The molecule has 1 N–H and O–H groups in total. The van der Waals surface area contributed by atoms with E-state index in [0.29, 0.717) is 18.7 Å². The maximum Gasteiger partial charge on any atom is 0.254 e. The van der Waals surface area contributed by atoms with Crippen LogP contribution in [0.2, 0.25) is 0 Å². The fourth-order valence-electron chi connectivity index (χ4n) is 3.57. The molecule has 1 saturated heterocycles. The molecule has 0 saturated carbocycles. The minimum absolute atomic E-state index is 0.125. The lowest BCUT2D eigenvalue weighted by molar-refractivity contribution is -0.128. The Balaban J connectivity index is 1.61. The van der Waals surface area contributed by atoms with E-state index in [-0.39, 0.29) is 11.8 Å². The second-order valence-corrected chi connectivity index (χ2v) is 7.05. The van der Waals surface area contributed by atoms with Crippen LogP contribution in [0.5, 0.6) is 0 Å². The van der Waals surface area contributed by atoms with Gasteiger partial charge in [-0.15, -0.1) is 0 Å². The third-order valence-corrected chi connectivity index (χ3v) is 5.10. The van der Waals surface area contributed by atoms with E-state index >= 15 is 0 Å². The molecule has 0 aromatic heterocycles. The predicted molar refractivity (Wildman–Crippen MR) is 110 cm³/mol. The molecule has 2 amide bonds. The van der Waals surface area contributed by atoms with Crippen molar-refractivity contribution in [2.45, 2.75) is 13.0 Å². The first-order chi connectivity index (χ1) is 13.6. The maximum atomic E-state index is 13.2. The molecule has 0 spiro atoms. The van der Waals surface area contributed by atoms with Crippen LogP contribution in [-0.4, -0.2) is 29.8 Å². The number of nitrogens with one attached hydrogen (secondary N) is 1. The van der Waals surface area contributed by atoms with E-state index in [1.54, 1.807) is 4.90 Å². The fourth-order valence-corrected chi connectivity index (χ4v) is 3.57. The second kappa shape index (κ2) is 7.69. The molecule has 140 valence electrons. The molecule has 4 nitrogen and oxygen atoms in total. The molecule has 1 fully saturated rings. The molecule has 0 aliphatic carbocycles. The zero-order valence-corrected chi connectivity index (χ0v) is 15.8. The summed E-state index contributed by atoms with van der Waals surface area (Å²) in [4.78, 5) is 27.4. The topological polar surface area (TPSA) is 49.4 Å². The van der Waals surface area contributed by atoms with Crippen molar-refractivity contribution in [2.24, 2.45) is 0 Å². The number of piperazine rings is 1. The predicted octanol–water partition coefficient (Wildman–Crippen LogP) is 3.98. The van der Waals surface area contributed by atoms with Gasteiger partial charge in [-0.25, -0.2) is 0 Å². The van der Waals surface area contributed by atoms with Crippen molar-refractivity contribution in [3.8, 4) is 11.1 Å². The summed E-state index contributed by atoms with van der Waals surface area (Å²) in [6.45, 7) is 2.96. The number of nitrogens with zero attached hydrogens (tertiary/aromatic N) is 1. The molecule has 1 heterocycles. The van der Waals surface area contributed by atoms with E-state index in [0.717, 1.165) is 22.3 Å². The van der Waals surface area contributed by atoms with Crippen molar-refractivity contribution in [1.29, 1.82) is 0 Å². The fraction of sp³-hybridized carbons (Fsp3) is 0.167. The Kier molecular flexibility index (Phi) is 4.94. The van der Waals surface area contributed by atoms with Crippen molar-refractivity contribution in [1.82, 2.24) is 10.2 Å². The monoisotopic (exact) mass is 370 g/mol. The maximum absolute atomic E-state index is 13.2. The number of aryl methyl sites for hydroxylation is 1. The molecule has 1 aliphatic rings. The Morgan fingerprint density at radius 1 is 0.893 bits per heavy atom. The largest absolute Gasteiger partial charge is 0.352 e. The Hall–Kier alpha value is -3.40. The number of rotatable bonds is 3. The second-order valence-electron chi connectivity index (χ2n) is 7.05. The van der Waals surface area contributed by atoms with Crippen LogP contribution in [0.25, 0.3) is 11.1 Å². The van der Waals surface area contributed by atoms with Crippen molar-refractivity contribution in [3.05, 3.63) is 95.6 Å². The van der Waals surface area contributed by atoms with E-state index in [2.05, 4.69) is 5.32 Å². The minimum atomic E-state index is -0.601. The van der Waals surface area contributed by atoms with Gasteiger partial charge in [-0.1, -0.05) is 72.3 Å². The van der Waals surface area contributed by atoms with Gasteiger partial charge in [0.1, 0.15) is 6.04 Å². The number of amides is 2. The Bertz CT molecular complexity index is 979. The molecule has 1 atom stereocenters. The van der Waals surface area contributed by atoms with Gasteiger partial charge >= 0.3 is 0 Å². The van der Waals surface area contributed by atoms with Gasteiger partial charge in [-0.05, 0) is 35.7 Å². The van der Waals surface area contributed by atoms with Gasteiger partial charge in [-0.3, -0.25) is 9.59 Å². The summed E-state index contributed by atoms with van der Waals surface area (Å²) in [6.07, 6.45) is 0. The van der Waals surface area contributed by atoms with Crippen LogP contribution in [-0.2, 0) is 4.79 Å². The minimum Gasteiger partial charge on any atom is -0.352 e. The van der Waals surface area contributed by atoms with E-state index in [1.165, 1.54) is 0 Å². The molecule has 28 heavy (non-hydrogen) atoms. The lowest BCUT2D eigenvalue weighted by Crippen LogP contribution is -2.52. The Labute approximate surface area is 164 Å². The lowest BCUT2D eigenvalue weighted by Gasteiger charge is -2.35. The molecule has 3 aromatic carbocycles. The van der Waals surface area contributed by atoms with Crippen LogP contribution in [0, 0.1) is 6.92 Å². The highest BCUT2D eigenvalue weighted by Gasteiger charge is 2.34. The lowest BCUT2D eigenvalue weighted by atomic mass is 9.99. The Morgan fingerprint density at radius 3 is 2.21 bits per heavy atom. The van der Waals surface area contributed by atoms with Gasteiger partial charge in [0, 0.05) is 18.7 Å². The highest BCUT2D eigenvalue weighted by Crippen LogP contribution is 2.26. The molecule has 0 radical (unpaired) electrons. The SMILES string of the molecule is Cc1ccc(C2C(=O)NCCN2C(=O)c2ccc(-c3ccccc3)cc2)cc1. The summed E-state index contributed by atoms with van der Waals surface area (Å²) in [5, 5.41) is 2.88. The first-order valence-corrected chi connectivity index (χ1v) is 9.44. The molecule has 4 rings (SSSR count). The van der Waals surface area contributed by atoms with E-state index in [1.807, 2.05) is 85.8 Å². The third-order valence-electron chi connectivity index (χ3n) is 5.10. The van der Waals surface area contributed by atoms with Gasteiger partial charge in [-0.2, -0.15) is 0 Å². The van der Waals surface area contributed by atoms with E-state index < -0.39 is 6.04 Å². The highest BCUT2D eigenvalue weighted by atomic mass is 16.2. The number of hydrogen-bond acceptors (Lipinski definition) is 2. The van der Waals surface area contributed by atoms with Crippen LogP contribution in [0.15, 0.2) is 78.9 Å². The molecule has 3 aromatic rings. The van der Waals surface area contributed by atoms with Gasteiger partial charge in [0.15, 0.2) is 0 Å². The van der Waals surface area contributed by atoms with Crippen LogP contribution in [0.1, 0.15) is 27.5 Å². The molecule has 4 heteroatoms. The summed E-state index contributed by atoms with van der Waals surface area (Å²) in [5.74, 6) is -0.260. The molecule has 1 aliphatic heterocycles. The molecular formula is C24H22N2O2. The molecular weight excluding hydrogens is 348 g/mol. The first-order valence-electron chi connectivity index (χ1n) is 9.44. The zero-order valence-electron chi connectivity index (χ0n) is 15.8. The van der Waals surface area contributed by atoms with Crippen LogP contribution in [0.3, 0.4) is 0 Å². The van der Waals surface area contributed by atoms with Crippen molar-refractivity contribution in [2.75, 3.05) is 13.1 Å². The number of carbonyl (C=O) groups excluding carboxylic acids is 2. The summed E-state index contributed by atoms with van der Waals surface area (Å²) in [6, 6.07) is 24.8. The summed E-state index contributed by atoms with van der Waals surface area (Å²) >= 11 is 0. The van der Waals surface area contributed by atoms with E-state index in [9.17, 15) is 9.59 Å². The van der Waals surface area contributed by atoms with Crippen molar-refractivity contribution >= 4 is 11.8 Å².